The maximum atomic E-state index is 15.0. The number of amides is 1. The molecule has 4 aromatic rings. The summed E-state index contributed by atoms with van der Waals surface area (Å²) in [7, 11) is 1.69. The van der Waals surface area contributed by atoms with Gasteiger partial charge in [-0.25, -0.2) is 8.78 Å². The summed E-state index contributed by atoms with van der Waals surface area (Å²) in [6.45, 7) is -0.218. The molecule has 2 aromatic carbocycles. The molecule has 0 aliphatic rings. The van der Waals surface area contributed by atoms with Crippen molar-refractivity contribution in [2.75, 3.05) is 13.7 Å². The molecule has 0 aliphatic carbocycles. The number of nitrogens with zero attached hydrogens (tertiary/aromatic N) is 2. The number of carbonyl (C=O) groups is 1. The van der Waals surface area contributed by atoms with Crippen molar-refractivity contribution in [3.8, 4) is 22.5 Å². The number of aliphatic hydroxyl groups is 1. The van der Waals surface area contributed by atoms with Crippen molar-refractivity contribution in [1.29, 1.82) is 0 Å². The molecule has 35 heavy (non-hydrogen) atoms. The first-order chi connectivity index (χ1) is 17.0. The van der Waals surface area contributed by atoms with Gasteiger partial charge in [0.2, 0.25) is 0 Å². The lowest BCUT2D eigenvalue weighted by Gasteiger charge is -2.26. The number of H-pyrrole nitrogens is 1. The lowest BCUT2D eigenvalue weighted by molar-refractivity contribution is 0.0917. The molecule has 2 atom stereocenters. The van der Waals surface area contributed by atoms with E-state index in [1.165, 1.54) is 30.3 Å². The van der Waals surface area contributed by atoms with Crippen LogP contribution in [0.4, 0.5) is 8.78 Å². The molecule has 1 amide bonds. The van der Waals surface area contributed by atoms with Crippen molar-refractivity contribution < 1.29 is 18.7 Å². The van der Waals surface area contributed by atoms with Gasteiger partial charge in [-0.3, -0.25) is 14.9 Å². The molecule has 7 nitrogen and oxygen atoms in total. The van der Waals surface area contributed by atoms with Crippen LogP contribution in [0.3, 0.4) is 0 Å². The van der Waals surface area contributed by atoms with Gasteiger partial charge in [0.25, 0.3) is 5.91 Å². The van der Waals surface area contributed by atoms with Gasteiger partial charge in [-0.15, -0.1) is 0 Å². The normalized spacial score (nSPS) is 12.8. The van der Waals surface area contributed by atoms with Gasteiger partial charge in [0, 0.05) is 18.3 Å². The average molecular weight is 478 g/mol. The summed E-state index contributed by atoms with van der Waals surface area (Å²) in [5.74, 6) is -1.49. The van der Waals surface area contributed by atoms with Gasteiger partial charge in [-0.05, 0) is 67.2 Å². The molecular weight excluding hydrogens is 452 g/mol. The Hall–Kier alpha value is -3.95. The lowest BCUT2D eigenvalue weighted by atomic mass is 9.99. The average Bonchev–Trinajstić information content (AvgIpc) is 3.35. The van der Waals surface area contributed by atoms with Crippen LogP contribution in [0.5, 0.6) is 0 Å². The number of aromatic amines is 1. The molecule has 4 N–H and O–H groups in total. The van der Waals surface area contributed by atoms with Gasteiger partial charge in [0.15, 0.2) is 0 Å². The van der Waals surface area contributed by atoms with E-state index in [1.807, 2.05) is 12.1 Å². The first kappa shape index (κ1) is 24.2. The first-order valence-corrected chi connectivity index (χ1v) is 11.1. The zero-order valence-electron chi connectivity index (χ0n) is 19.0. The van der Waals surface area contributed by atoms with Gasteiger partial charge in [0.1, 0.15) is 11.6 Å². The van der Waals surface area contributed by atoms with E-state index >= 15 is 0 Å². The molecule has 2 aromatic heterocycles. The Bertz CT molecular complexity index is 1270. The minimum Gasteiger partial charge on any atom is -0.395 e. The summed E-state index contributed by atoms with van der Waals surface area (Å²) < 4.78 is 28.3. The molecule has 0 saturated carbocycles. The Kier molecular flexibility index (Phi) is 7.59. The SMILES string of the molecule is CNC(CO)C(Cc1ccccn1)NC(=O)c1cccc(F)c1-c1cc(-c2ccc(F)cc2)[nH]n1. The Morgan fingerprint density at radius 3 is 2.54 bits per heavy atom. The van der Waals surface area contributed by atoms with Gasteiger partial charge >= 0.3 is 0 Å². The lowest BCUT2D eigenvalue weighted by Crippen LogP contribution is -2.52. The van der Waals surface area contributed by atoms with E-state index in [9.17, 15) is 18.7 Å². The molecule has 0 aliphatic heterocycles. The van der Waals surface area contributed by atoms with E-state index in [0.717, 1.165) is 5.69 Å². The minimum atomic E-state index is -0.608. The van der Waals surface area contributed by atoms with Crippen LogP contribution in [-0.2, 0) is 6.42 Å². The highest BCUT2D eigenvalue weighted by Crippen LogP contribution is 2.29. The van der Waals surface area contributed by atoms with Crippen LogP contribution in [0.2, 0.25) is 0 Å². The van der Waals surface area contributed by atoms with Crippen molar-refractivity contribution >= 4 is 5.91 Å². The molecule has 0 spiro atoms. The highest BCUT2D eigenvalue weighted by Gasteiger charge is 2.26. The smallest absolute Gasteiger partial charge is 0.252 e. The van der Waals surface area contributed by atoms with E-state index in [2.05, 4.69) is 25.8 Å². The van der Waals surface area contributed by atoms with Crippen LogP contribution in [0, 0.1) is 11.6 Å². The number of aromatic nitrogens is 3. The fourth-order valence-corrected chi connectivity index (χ4v) is 3.90. The number of hydrogen-bond acceptors (Lipinski definition) is 5. The molecule has 0 saturated heterocycles. The zero-order chi connectivity index (χ0) is 24.8. The maximum absolute atomic E-state index is 15.0. The first-order valence-electron chi connectivity index (χ1n) is 11.1. The van der Waals surface area contributed by atoms with Crippen molar-refractivity contribution in [2.24, 2.45) is 0 Å². The van der Waals surface area contributed by atoms with E-state index in [1.54, 1.807) is 37.5 Å². The fourth-order valence-electron chi connectivity index (χ4n) is 3.90. The Morgan fingerprint density at radius 1 is 1.06 bits per heavy atom. The van der Waals surface area contributed by atoms with Crippen LogP contribution in [-0.4, -0.2) is 51.9 Å². The second-order valence-corrected chi connectivity index (χ2v) is 8.02. The highest BCUT2D eigenvalue weighted by molar-refractivity contribution is 6.01. The summed E-state index contributed by atoms with van der Waals surface area (Å²) in [5.41, 5.74) is 2.33. The Balaban J connectivity index is 1.64. The third-order valence-electron chi connectivity index (χ3n) is 5.77. The third kappa shape index (κ3) is 5.59. The Labute approximate surface area is 201 Å². The van der Waals surface area contributed by atoms with Gasteiger partial charge in [-0.1, -0.05) is 12.1 Å². The quantitative estimate of drug-likeness (QED) is 0.296. The molecule has 0 bridgehead atoms. The standard InChI is InChI=1S/C26H25F2N5O2/c1-29-24(15-34)22(13-18-5-2-3-12-30-18)31-26(35)19-6-4-7-20(28)25(19)23-14-21(32-33-23)16-8-10-17(27)11-9-16/h2-12,14,22,24,29,34H,13,15H2,1H3,(H,31,35)(H,32,33). The van der Waals surface area contributed by atoms with E-state index < -0.39 is 23.8 Å². The summed E-state index contributed by atoms with van der Waals surface area (Å²) in [6, 6.07) is 16.1. The largest absolute Gasteiger partial charge is 0.395 e. The third-order valence-corrected chi connectivity index (χ3v) is 5.77. The number of halogens is 2. The topological polar surface area (TPSA) is 103 Å². The molecule has 0 radical (unpaired) electrons. The van der Waals surface area contributed by atoms with Crippen LogP contribution < -0.4 is 10.6 Å². The molecule has 4 rings (SSSR count). The number of carbonyl (C=O) groups excluding carboxylic acids is 1. The molecule has 9 heteroatoms. The van der Waals surface area contributed by atoms with Crippen LogP contribution in [0.1, 0.15) is 16.1 Å². The number of rotatable bonds is 9. The second kappa shape index (κ2) is 11.0. The molecular formula is C26H25F2N5O2. The fraction of sp³-hybridized carbons (Fsp3) is 0.192. The molecule has 0 fully saturated rings. The maximum Gasteiger partial charge on any atom is 0.252 e. The van der Waals surface area contributed by atoms with Crippen LogP contribution >= 0.6 is 0 Å². The molecule has 2 unspecified atom stereocenters. The van der Waals surface area contributed by atoms with Gasteiger partial charge in [-0.2, -0.15) is 5.10 Å². The van der Waals surface area contributed by atoms with Crippen molar-refractivity contribution in [1.82, 2.24) is 25.8 Å². The predicted octanol–water partition coefficient (Wildman–Crippen LogP) is 3.34. The van der Waals surface area contributed by atoms with Crippen LogP contribution in [0.25, 0.3) is 22.5 Å². The highest BCUT2D eigenvalue weighted by atomic mass is 19.1. The second-order valence-electron chi connectivity index (χ2n) is 8.02. The number of benzene rings is 2. The summed E-state index contributed by atoms with van der Waals surface area (Å²) >= 11 is 0. The van der Waals surface area contributed by atoms with Gasteiger partial charge in [0.05, 0.1) is 41.2 Å². The van der Waals surface area contributed by atoms with E-state index in [-0.39, 0.29) is 29.2 Å². The molecule has 2 heterocycles. The number of pyridine rings is 1. The Morgan fingerprint density at radius 2 is 1.86 bits per heavy atom. The number of nitrogens with one attached hydrogen (secondary N) is 3. The van der Waals surface area contributed by atoms with E-state index in [0.29, 0.717) is 17.7 Å². The number of hydrogen-bond donors (Lipinski definition) is 4. The number of likely N-dealkylation sites (N-methyl/N-ethyl adjacent to an activating group) is 1. The minimum absolute atomic E-state index is 0.0382. The van der Waals surface area contributed by atoms with Crippen molar-refractivity contribution in [2.45, 2.75) is 18.5 Å². The summed E-state index contributed by atoms with van der Waals surface area (Å²) in [5, 5.41) is 22.8. The predicted molar refractivity (Wildman–Crippen MR) is 129 cm³/mol. The zero-order valence-corrected chi connectivity index (χ0v) is 19.0. The van der Waals surface area contributed by atoms with Gasteiger partial charge < -0.3 is 15.7 Å². The van der Waals surface area contributed by atoms with Crippen molar-refractivity contribution in [3.63, 3.8) is 0 Å². The molecule has 180 valence electrons. The summed E-state index contributed by atoms with van der Waals surface area (Å²) in [6.07, 6.45) is 2.02. The monoisotopic (exact) mass is 477 g/mol. The number of aliphatic hydroxyl groups excluding tert-OH is 1. The van der Waals surface area contributed by atoms with E-state index in [4.69, 9.17) is 0 Å². The van der Waals surface area contributed by atoms with Crippen LogP contribution in [0.15, 0.2) is 72.9 Å². The summed E-state index contributed by atoms with van der Waals surface area (Å²) in [4.78, 5) is 17.7. The van der Waals surface area contributed by atoms with Crippen molar-refractivity contribution in [3.05, 3.63) is 95.8 Å².